The molecule has 0 spiro atoms. The fourth-order valence-corrected chi connectivity index (χ4v) is 5.10. The quantitative estimate of drug-likeness (QED) is 0.0448. The normalized spacial score (nSPS) is 12.8. The lowest BCUT2D eigenvalue weighted by molar-refractivity contribution is -0.160. The number of esters is 3. The molecule has 0 bridgehead atoms. The van der Waals surface area contributed by atoms with E-state index in [0.29, 0.717) is 11.9 Å². The van der Waals surface area contributed by atoms with Crippen molar-refractivity contribution in [2.45, 2.75) is 103 Å². The number of ether oxygens (including phenoxy) is 5. The zero-order valence-corrected chi connectivity index (χ0v) is 35.0. The zero-order chi connectivity index (χ0) is 37.5. The molecule has 0 aromatic rings. The van der Waals surface area contributed by atoms with Gasteiger partial charge >= 0.3 is 17.9 Å². The highest BCUT2D eigenvalue weighted by Gasteiger charge is 2.44. The molecule has 14 heteroatoms. The molecule has 0 aromatic heterocycles. The van der Waals surface area contributed by atoms with E-state index in [1.54, 1.807) is 40.0 Å². The van der Waals surface area contributed by atoms with Gasteiger partial charge in [0.1, 0.15) is 0 Å². The van der Waals surface area contributed by atoms with Gasteiger partial charge in [-0.15, -0.1) is 23.2 Å². The maximum Gasteiger partial charge on any atom is 0.330 e. The maximum atomic E-state index is 12.4. The first-order valence-corrected chi connectivity index (χ1v) is 22.6. The standard InChI is InChI=1S/C18H34O6Si.C8H18O2Si.C5H8O2.CH2Cl2.2CH4/c1-12(11-14(21-5)24-25(8,9)10)15(16(19)22-6)13(2)18(3,4)17(20)23-7;1-7(2)8(9-3)10-11(4,5)6;1-3-4-5(6)7-2;2-1-3;;/h11-13,15H,1-10H3;1-6H3;3-4H,1-2H3;1H2;2*1H4/b14-11-;;4-3+;;;. The third-order valence-electron chi connectivity index (χ3n) is 5.93. The van der Waals surface area contributed by atoms with Crippen molar-refractivity contribution in [1.82, 2.24) is 0 Å². The van der Waals surface area contributed by atoms with E-state index < -0.39 is 28.0 Å². The Balaban J connectivity index is -0.000000158. The van der Waals surface area contributed by atoms with Crippen LogP contribution in [0.5, 0.6) is 0 Å². The third kappa shape index (κ3) is 28.8. The summed E-state index contributed by atoms with van der Waals surface area (Å²) in [6.45, 7) is 25.6. The van der Waals surface area contributed by atoms with Crippen LogP contribution in [0, 0.1) is 23.2 Å². The van der Waals surface area contributed by atoms with Crippen molar-refractivity contribution in [2.75, 3.05) is 40.9 Å². The van der Waals surface area contributed by atoms with E-state index in [1.807, 2.05) is 47.3 Å². The first-order valence-electron chi connectivity index (χ1n) is 14.7. The fourth-order valence-electron chi connectivity index (χ4n) is 3.50. The van der Waals surface area contributed by atoms with Gasteiger partial charge in [0.25, 0.3) is 11.9 Å². The van der Waals surface area contributed by atoms with E-state index in [9.17, 15) is 14.4 Å². The van der Waals surface area contributed by atoms with Gasteiger partial charge in [-0.25, -0.2) is 4.79 Å². The topological polar surface area (TPSA) is 116 Å². The minimum atomic E-state index is -1.85. The molecule has 0 aliphatic rings. The molecule has 10 nitrogen and oxygen atoms in total. The first-order chi connectivity index (χ1) is 20.9. The molecular weight excluding hydrogens is 695 g/mol. The van der Waals surface area contributed by atoms with Gasteiger partial charge < -0.3 is 32.5 Å². The van der Waals surface area contributed by atoms with Crippen LogP contribution in [0.2, 0.25) is 39.3 Å². The summed E-state index contributed by atoms with van der Waals surface area (Å²) in [6.07, 6.45) is 4.77. The van der Waals surface area contributed by atoms with Crippen LogP contribution in [0.15, 0.2) is 35.7 Å². The average Bonchev–Trinajstić information content (AvgIpc) is 2.94. The predicted octanol–water partition coefficient (Wildman–Crippen LogP) is 9.75. The average molecular weight is 766 g/mol. The molecule has 288 valence electrons. The van der Waals surface area contributed by atoms with Gasteiger partial charge in [0.2, 0.25) is 16.6 Å². The van der Waals surface area contributed by atoms with Crippen LogP contribution < -0.4 is 0 Å². The highest BCUT2D eigenvalue weighted by Crippen LogP contribution is 2.38. The number of hydrogen-bond acceptors (Lipinski definition) is 10. The number of rotatable bonds is 13. The number of carbonyl (C=O) groups excluding carboxylic acids is 3. The molecule has 48 heavy (non-hydrogen) atoms. The van der Waals surface area contributed by atoms with Crippen molar-refractivity contribution < 1.29 is 46.9 Å². The van der Waals surface area contributed by atoms with E-state index in [0.717, 1.165) is 5.57 Å². The third-order valence-corrected chi connectivity index (χ3v) is 7.54. The minimum Gasteiger partial charge on any atom is -0.520 e. The van der Waals surface area contributed by atoms with Crippen molar-refractivity contribution in [3.63, 3.8) is 0 Å². The van der Waals surface area contributed by atoms with E-state index in [1.165, 1.54) is 34.5 Å². The van der Waals surface area contributed by atoms with Gasteiger partial charge in [-0.05, 0) is 91.8 Å². The summed E-state index contributed by atoms with van der Waals surface area (Å²) in [5.41, 5.74) is 0.248. The molecule has 0 saturated carbocycles. The summed E-state index contributed by atoms with van der Waals surface area (Å²) in [5.74, 6) is -1.09. The molecule has 0 fully saturated rings. The molecule has 0 rings (SSSR count). The number of alkyl halides is 2. The Morgan fingerprint density at radius 1 is 0.750 bits per heavy atom. The highest BCUT2D eigenvalue weighted by molar-refractivity contribution is 6.70. The molecule has 0 aliphatic carbocycles. The van der Waals surface area contributed by atoms with Crippen LogP contribution >= 0.6 is 23.2 Å². The maximum absolute atomic E-state index is 12.4. The number of halogens is 2. The van der Waals surface area contributed by atoms with Gasteiger partial charge in [-0.3, -0.25) is 9.59 Å². The smallest absolute Gasteiger partial charge is 0.330 e. The first kappa shape index (κ1) is 58.1. The van der Waals surface area contributed by atoms with E-state index >= 15 is 0 Å². The summed E-state index contributed by atoms with van der Waals surface area (Å²) in [5, 5.41) is 0.194. The lowest BCUT2D eigenvalue weighted by atomic mass is 9.69. The fraction of sp³-hybridized carbons (Fsp3) is 0.735. The van der Waals surface area contributed by atoms with Crippen LogP contribution in [0.1, 0.15) is 63.3 Å². The Morgan fingerprint density at radius 2 is 1.19 bits per heavy atom. The Hall–Kier alpha value is -2.16. The summed E-state index contributed by atoms with van der Waals surface area (Å²) < 4.78 is 36.1. The Kier molecular flexibility index (Phi) is 36.0. The molecular formula is C34H70Cl2O10Si2. The number of hydrogen-bond donors (Lipinski definition) is 0. The Morgan fingerprint density at radius 3 is 1.42 bits per heavy atom. The van der Waals surface area contributed by atoms with Crippen molar-refractivity contribution >= 4 is 57.7 Å². The van der Waals surface area contributed by atoms with Crippen LogP contribution in [0.4, 0.5) is 0 Å². The summed E-state index contributed by atoms with van der Waals surface area (Å²) in [7, 11) is 3.88. The van der Waals surface area contributed by atoms with Crippen molar-refractivity contribution in [3.05, 3.63) is 35.7 Å². The number of carbonyl (C=O) groups is 3. The zero-order valence-electron chi connectivity index (χ0n) is 31.5. The second-order valence-electron chi connectivity index (χ2n) is 12.6. The lowest BCUT2D eigenvalue weighted by Crippen LogP contribution is -2.42. The summed E-state index contributed by atoms with van der Waals surface area (Å²) >= 11 is 9.53. The molecule has 0 N–H and O–H groups in total. The van der Waals surface area contributed by atoms with Crippen LogP contribution in [0.3, 0.4) is 0 Å². The summed E-state index contributed by atoms with van der Waals surface area (Å²) in [6, 6.07) is 0. The van der Waals surface area contributed by atoms with Gasteiger partial charge in [0.05, 0.1) is 52.2 Å². The monoisotopic (exact) mass is 764 g/mol. The Bertz CT molecular complexity index is 966. The molecule has 0 aromatic carbocycles. The second kappa shape index (κ2) is 29.7. The predicted molar refractivity (Wildman–Crippen MR) is 206 cm³/mol. The van der Waals surface area contributed by atoms with Crippen molar-refractivity contribution in [3.8, 4) is 0 Å². The number of methoxy groups -OCH3 is 5. The largest absolute Gasteiger partial charge is 0.520 e. The highest BCUT2D eigenvalue weighted by atomic mass is 35.5. The van der Waals surface area contributed by atoms with Crippen LogP contribution in [-0.4, -0.2) is 75.4 Å². The lowest BCUT2D eigenvalue weighted by Gasteiger charge is -2.35. The molecule has 0 heterocycles. The van der Waals surface area contributed by atoms with Gasteiger partial charge in [0, 0.05) is 11.6 Å². The molecule has 3 unspecified atom stereocenters. The number of allylic oxidation sites excluding steroid dienone is 3. The van der Waals surface area contributed by atoms with E-state index in [2.05, 4.69) is 24.4 Å². The van der Waals surface area contributed by atoms with Crippen LogP contribution in [-0.2, 0) is 46.9 Å². The van der Waals surface area contributed by atoms with E-state index in [-0.39, 0.29) is 49.9 Å². The van der Waals surface area contributed by atoms with Gasteiger partial charge in [-0.1, -0.05) is 34.8 Å². The van der Waals surface area contributed by atoms with Crippen molar-refractivity contribution in [2.24, 2.45) is 23.2 Å². The van der Waals surface area contributed by atoms with Crippen LogP contribution in [0.25, 0.3) is 0 Å². The van der Waals surface area contributed by atoms with E-state index in [4.69, 9.17) is 51.0 Å². The molecule has 0 radical (unpaired) electrons. The Labute approximate surface area is 306 Å². The minimum absolute atomic E-state index is 0. The SMILES string of the molecule is C.C.C/C=C/C(=O)OC.COC(=O)C(C(C)/C=C(/OC)O[Si](C)(C)C)C(C)C(C)(C)C(=O)OC.COC(O[Si](C)(C)C)=C(C)C.ClCCl. The molecule has 3 atom stereocenters. The van der Waals surface area contributed by atoms with Gasteiger partial charge in [0.15, 0.2) is 0 Å². The van der Waals surface area contributed by atoms with Crippen molar-refractivity contribution in [1.29, 1.82) is 0 Å². The molecule has 0 amide bonds. The molecule has 0 saturated heterocycles. The second-order valence-corrected chi connectivity index (χ2v) is 22.3. The summed E-state index contributed by atoms with van der Waals surface area (Å²) in [4.78, 5) is 34.7. The van der Waals surface area contributed by atoms with Gasteiger partial charge in [-0.2, -0.15) is 0 Å². The molecule has 0 aliphatic heterocycles.